The molecule has 0 aliphatic carbocycles. The maximum atomic E-state index is 13.4. The third-order valence-electron chi connectivity index (χ3n) is 6.20. The molecule has 4 aromatic carbocycles. The van der Waals surface area contributed by atoms with Crippen LogP contribution in [0.25, 0.3) is 10.8 Å². The highest BCUT2D eigenvalue weighted by atomic mass is 79.9. The molecule has 7 heteroatoms. The molecule has 36 heavy (non-hydrogen) atoms. The van der Waals surface area contributed by atoms with Crippen LogP contribution in [0.4, 0.5) is 0 Å². The van der Waals surface area contributed by atoms with Gasteiger partial charge in [0.1, 0.15) is 11.5 Å². The molecule has 180 valence electrons. The van der Waals surface area contributed by atoms with Crippen molar-refractivity contribution >= 4 is 44.6 Å². The number of aldehydes is 1. The zero-order chi connectivity index (χ0) is 25.1. The van der Waals surface area contributed by atoms with Crippen molar-refractivity contribution in [3.8, 4) is 11.5 Å². The number of halogens is 1. The van der Waals surface area contributed by atoms with Crippen LogP contribution in [0.5, 0.6) is 11.5 Å². The minimum Gasteiger partial charge on any atom is -0.497 e. The number of hydrazone groups is 1. The largest absolute Gasteiger partial charge is 0.497 e. The summed E-state index contributed by atoms with van der Waals surface area (Å²) in [6.45, 7) is -0.246. The van der Waals surface area contributed by atoms with E-state index in [0.717, 1.165) is 37.8 Å². The molecule has 1 heterocycles. The first kappa shape index (κ1) is 23.8. The van der Waals surface area contributed by atoms with E-state index in [0.29, 0.717) is 24.0 Å². The van der Waals surface area contributed by atoms with Gasteiger partial charge in [-0.05, 0) is 58.3 Å². The lowest BCUT2D eigenvalue weighted by atomic mass is 9.97. The van der Waals surface area contributed by atoms with Crippen LogP contribution < -0.4 is 9.47 Å². The van der Waals surface area contributed by atoms with Crippen LogP contribution in [-0.2, 0) is 4.79 Å². The fourth-order valence-corrected chi connectivity index (χ4v) is 4.70. The Bertz CT molecular complexity index is 1470. The third kappa shape index (κ3) is 4.88. The maximum absolute atomic E-state index is 13.4. The van der Waals surface area contributed by atoms with E-state index in [2.05, 4.69) is 40.2 Å². The van der Waals surface area contributed by atoms with Gasteiger partial charge >= 0.3 is 0 Å². The fourth-order valence-electron chi connectivity index (χ4n) is 4.32. The summed E-state index contributed by atoms with van der Waals surface area (Å²) in [6, 6.07) is 26.8. The molecule has 0 saturated heterocycles. The molecular weight excluding hydrogens is 520 g/mol. The number of carbonyl (C=O) groups excluding carboxylic acids is 2. The lowest BCUT2D eigenvalue weighted by Gasteiger charge is -2.22. The molecule has 0 N–H and O–H groups in total. The molecule has 1 atom stereocenters. The smallest absolute Gasteiger partial charge is 0.281 e. The fraction of sp³-hybridized carbons (Fsp3) is 0.138. The van der Waals surface area contributed by atoms with Gasteiger partial charge in [-0.1, -0.05) is 64.5 Å². The summed E-state index contributed by atoms with van der Waals surface area (Å²) in [5, 5.41) is 8.50. The maximum Gasteiger partial charge on any atom is 0.281 e. The van der Waals surface area contributed by atoms with Gasteiger partial charge in [0.2, 0.25) is 0 Å². The number of hydrogen-bond acceptors (Lipinski definition) is 5. The van der Waals surface area contributed by atoms with Crippen LogP contribution in [0.2, 0.25) is 0 Å². The van der Waals surface area contributed by atoms with Crippen molar-refractivity contribution in [3.05, 3.63) is 106 Å². The second-order valence-electron chi connectivity index (χ2n) is 8.43. The molecule has 1 amide bonds. The van der Waals surface area contributed by atoms with Crippen molar-refractivity contribution in [3.63, 3.8) is 0 Å². The van der Waals surface area contributed by atoms with Gasteiger partial charge in [-0.2, -0.15) is 5.10 Å². The average Bonchev–Trinajstić information content (AvgIpc) is 3.37. The first-order chi connectivity index (χ1) is 17.6. The quantitative estimate of drug-likeness (QED) is 0.261. The Morgan fingerprint density at radius 3 is 2.56 bits per heavy atom. The summed E-state index contributed by atoms with van der Waals surface area (Å²) in [5.74, 6) is 0.789. The first-order valence-electron chi connectivity index (χ1n) is 11.5. The van der Waals surface area contributed by atoms with Gasteiger partial charge in [0.25, 0.3) is 5.91 Å². The van der Waals surface area contributed by atoms with Gasteiger partial charge in [0.05, 0.1) is 24.4 Å². The second kappa shape index (κ2) is 10.3. The van der Waals surface area contributed by atoms with E-state index in [1.165, 1.54) is 5.01 Å². The van der Waals surface area contributed by atoms with Crippen molar-refractivity contribution in [1.29, 1.82) is 0 Å². The van der Waals surface area contributed by atoms with E-state index in [1.807, 2.05) is 42.5 Å². The second-order valence-corrected chi connectivity index (χ2v) is 9.34. The number of nitrogens with zero attached hydrogens (tertiary/aromatic N) is 2. The summed E-state index contributed by atoms with van der Waals surface area (Å²) in [4.78, 5) is 24.8. The van der Waals surface area contributed by atoms with Crippen molar-refractivity contribution in [1.82, 2.24) is 5.01 Å². The minimum absolute atomic E-state index is 0.246. The predicted molar refractivity (Wildman–Crippen MR) is 143 cm³/mol. The molecule has 0 fully saturated rings. The Balaban J connectivity index is 1.44. The summed E-state index contributed by atoms with van der Waals surface area (Å²) >= 11 is 3.34. The normalized spacial score (nSPS) is 15.0. The summed E-state index contributed by atoms with van der Waals surface area (Å²) in [6.07, 6.45) is 1.27. The van der Waals surface area contributed by atoms with Crippen LogP contribution >= 0.6 is 15.9 Å². The number of fused-ring (bicyclic) bond motifs is 1. The number of carbonyl (C=O) groups is 2. The lowest BCUT2D eigenvalue weighted by Crippen LogP contribution is -2.31. The van der Waals surface area contributed by atoms with Gasteiger partial charge in [-0.3, -0.25) is 9.59 Å². The molecular formula is C29H23BrN2O4. The van der Waals surface area contributed by atoms with E-state index in [1.54, 1.807) is 25.3 Å². The molecule has 1 aliphatic rings. The Hall–Kier alpha value is -3.97. The molecule has 1 aliphatic heterocycles. The Kier molecular flexibility index (Phi) is 6.82. The van der Waals surface area contributed by atoms with Crippen molar-refractivity contribution in [2.45, 2.75) is 12.5 Å². The van der Waals surface area contributed by atoms with Crippen LogP contribution in [0.1, 0.15) is 33.9 Å². The molecule has 0 saturated carbocycles. The number of amides is 1. The van der Waals surface area contributed by atoms with Gasteiger partial charge in [0.15, 0.2) is 12.9 Å². The van der Waals surface area contributed by atoms with E-state index in [9.17, 15) is 9.59 Å². The van der Waals surface area contributed by atoms with Crippen molar-refractivity contribution in [2.24, 2.45) is 5.10 Å². The van der Waals surface area contributed by atoms with E-state index in [4.69, 9.17) is 14.6 Å². The van der Waals surface area contributed by atoms with Gasteiger partial charge < -0.3 is 9.47 Å². The Morgan fingerprint density at radius 1 is 1.03 bits per heavy atom. The van der Waals surface area contributed by atoms with Gasteiger partial charge in [-0.15, -0.1) is 0 Å². The molecule has 0 spiro atoms. The number of hydrogen-bond donors (Lipinski definition) is 0. The predicted octanol–water partition coefficient (Wildman–Crippen LogP) is 6.18. The van der Waals surface area contributed by atoms with E-state index >= 15 is 0 Å². The third-order valence-corrected chi connectivity index (χ3v) is 6.69. The number of rotatable bonds is 7. The molecule has 5 rings (SSSR count). The van der Waals surface area contributed by atoms with Crippen LogP contribution in [-0.4, -0.2) is 36.6 Å². The number of methoxy groups -OCH3 is 1. The molecule has 4 aromatic rings. The molecule has 6 nitrogen and oxygen atoms in total. The van der Waals surface area contributed by atoms with Crippen molar-refractivity contribution < 1.29 is 19.1 Å². The number of benzene rings is 4. The highest BCUT2D eigenvalue weighted by Crippen LogP contribution is 2.34. The van der Waals surface area contributed by atoms with E-state index in [-0.39, 0.29) is 18.6 Å². The Morgan fingerprint density at radius 2 is 1.81 bits per heavy atom. The topological polar surface area (TPSA) is 68.2 Å². The number of ether oxygens (including phenoxy) is 2. The van der Waals surface area contributed by atoms with Crippen LogP contribution in [0.3, 0.4) is 0 Å². The first-order valence-corrected chi connectivity index (χ1v) is 12.2. The SMILES string of the molecule is COc1ccc(C2CC(c3ccc4ccccc4c3)=NN2C(=O)COc2ccc(Br)cc2C=O)cc1. The monoisotopic (exact) mass is 542 g/mol. The van der Waals surface area contributed by atoms with Gasteiger partial charge in [0, 0.05) is 10.9 Å². The zero-order valence-electron chi connectivity index (χ0n) is 19.6. The van der Waals surface area contributed by atoms with Crippen LogP contribution in [0.15, 0.2) is 94.5 Å². The Labute approximate surface area is 217 Å². The minimum atomic E-state index is -0.300. The zero-order valence-corrected chi connectivity index (χ0v) is 21.1. The van der Waals surface area contributed by atoms with Crippen LogP contribution in [0, 0.1) is 0 Å². The highest BCUT2D eigenvalue weighted by Gasteiger charge is 2.33. The summed E-state index contributed by atoms with van der Waals surface area (Å²) < 4.78 is 11.8. The standard InChI is InChI=1S/C29H23BrN2O4/c1-35-25-11-8-20(9-12-25)27-16-26(22-7-6-19-4-2-3-5-21(19)14-22)31-32(27)29(34)18-36-28-13-10-24(30)15-23(28)17-33/h2-15,17,27H,16,18H2,1H3. The molecule has 0 bridgehead atoms. The average molecular weight is 543 g/mol. The van der Waals surface area contributed by atoms with Crippen molar-refractivity contribution in [2.75, 3.05) is 13.7 Å². The lowest BCUT2D eigenvalue weighted by molar-refractivity contribution is -0.135. The molecule has 0 radical (unpaired) electrons. The van der Waals surface area contributed by atoms with E-state index < -0.39 is 0 Å². The molecule has 0 aromatic heterocycles. The molecule has 1 unspecified atom stereocenters. The highest BCUT2D eigenvalue weighted by molar-refractivity contribution is 9.10. The summed E-state index contributed by atoms with van der Waals surface area (Å²) in [5.41, 5.74) is 3.11. The summed E-state index contributed by atoms with van der Waals surface area (Å²) in [7, 11) is 1.62. The van der Waals surface area contributed by atoms with Gasteiger partial charge in [-0.25, -0.2) is 5.01 Å².